The molecule has 0 radical (unpaired) electrons. The van der Waals surface area contributed by atoms with E-state index in [1.54, 1.807) is 6.07 Å². The van der Waals surface area contributed by atoms with Gasteiger partial charge in [0.1, 0.15) is 12.0 Å². The first-order valence-corrected chi connectivity index (χ1v) is 5.60. The lowest BCUT2D eigenvalue weighted by Gasteiger charge is -1.97. The molecule has 2 aromatic heterocycles. The number of carboxylic acids is 1. The van der Waals surface area contributed by atoms with E-state index in [0.717, 1.165) is 0 Å². The average molecular weight is 264 g/mol. The van der Waals surface area contributed by atoms with E-state index >= 15 is 0 Å². The Hall–Kier alpha value is -2.51. The molecule has 8 heteroatoms. The molecular weight excluding hydrogens is 252 g/mol. The number of carboxylic acid groups (broad SMARTS) is 1. The summed E-state index contributed by atoms with van der Waals surface area (Å²) in [7, 11) is 1.50. The summed E-state index contributed by atoms with van der Waals surface area (Å²) < 4.78 is 9.99. The van der Waals surface area contributed by atoms with Crippen LogP contribution in [0.5, 0.6) is 5.88 Å². The van der Waals surface area contributed by atoms with Crippen LogP contribution in [-0.2, 0) is 11.2 Å². The van der Waals surface area contributed by atoms with E-state index in [-0.39, 0.29) is 6.42 Å². The first-order chi connectivity index (χ1) is 9.19. The van der Waals surface area contributed by atoms with E-state index in [2.05, 4.69) is 20.1 Å². The zero-order valence-corrected chi connectivity index (χ0v) is 10.2. The van der Waals surface area contributed by atoms with Gasteiger partial charge in [-0.2, -0.15) is 4.98 Å². The van der Waals surface area contributed by atoms with Crippen LogP contribution in [-0.4, -0.2) is 38.3 Å². The van der Waals surface area contributed by atoms with E-state index in [1.165, 1.54) is 13.4 Å². The van der Waals surface area contributed by atoms with E-state index in [4.69, 9.17) is 14.4 Å². The molecule has 0 saturated carbocycles. The normalized spacial score (nSPS) is 10.4. The molecule has 0 bridgehead atoms. The number of rotatable bonds is 6. The van der Waals surface area contributed by atoms with Crippen molar-refractivity contribution in [1.82, 2.24) is 20.1 Å². The van der Waals surface area contributed by atoms with Crippen molar-refractivity contribution < 1.29 is 19.2 Å². The molecule has 0 aromatic carbocycles. The Labute approximate surface area is 108 Å². The van der Waals surface area contributed by atoms with Crippen LogP contribution in [0.25, 0.3) is 11.5 Å². The van der Waals surface area contributed by atoms with Crippen molar-refractivity contribution in [3.05, 3.63) is 18.3 Å². The summed E-state index contributed by atoms with van der Waals surface area (Å²) >= 11 is 0. The predicted molar refractivity (Wildman–Crippen MR) is 62.4 cm³/mol. The second-order valence-corrected chi connectivity index (χ2v) is 3.70. The summed E-state index contributed by atoms with van der Waals surface area (Å²) in [6.45, 7) is 0. The molecule has 0 atom stereocenters. The minimum Gasteiger partial charge on any atom is -0.481 e. The highest BCUT2D eigenvalue weighted by molar-refractivity contribution is 5.66. The van der Waals surface area contributed by atoms with Crippen molar-refractivity contribution in [2.75, 3.05) is 7.11 Å². The maximum atomic E-state index is 10.4. The van der Waals surface area contributed by atoms with Gasteiger partial charge >= 0.3 is 5.97 Å². The van der Waals surface area contributed by atoms with Gasteiger partial charge in [-0.3, -0.25) is 4.79 Å². The highest BCUT2D eigenvalue weighted by atomic mass is 16.5. The van der Waals surface area contributed by atoms with Crippen molar-refractivity contribution in [2.45, 2.75) is 19.3 Å². The highest BCUT2D eigenvalue weighted by Gasteiger charge is 2.11. The number of aliphatic carboxylic acids is 1. The average Bonchev–Trinajstić information content (AvgIpc) is 2.87. The van der Waals surface area contributed by atoms with Crippen LogP contribution in [0.1, 0.15) is 18.7 Å². The van der Waals surface area contributed by atoms with Crippen LogP contribution in [0.2, 0.25) is 0 Å². The molecule has 1 N–H and O–H groups in total. The van der Waals surface area contributed by atoms with Crippen molar-refractivity contribution in [3.63, 3.8) is 0 Å². The smallest absolute Gasteiger partial charge is 0.303 e. The minimum absolute atomic E-state index is 0.0685. The largest absolute Gasteiger partial charge is 0.481 e. The Morgan fingerprint density at radius 1 is 1.47 bits per heavy atom. The van der Waals surface area contributed by atoms with Crippen molar-refractivity contribution in [2.24, 2.45) is 0 Å². The third-order valence-electron chi connectivity index (χ3n) is 2.33. The van der Waals surface area contributed by atoms with Gasteiger partial charge in [0, 0.05) is 18.9 Å². The first-order valence-electron chi connectivity index (χ1n) is 5.60. The van der Waals surface area contributed by atoms with Crippen molar-refractivity contribution >= 4 is 5.97 Å². The summed E-state index contributed by atoms with van der Waals surface area (Å²) in [5.41, 5.74) is 0.486. The summed E-state index contributed by atoms with van der Waals surface area (Å²) in [4.78, 5) is 22.4. The van der Waals surface area contributed by atoms with Gasteiger partial charge in [0.2, 0.25) is 17.6 Å². The molecule has 0 spiro atoms. The SMILES string of the molecule is COc1cc(-c2noc(CCCC(=O)O)n2)ncn1. The molecule has 2 rings (SSSR count). The predicted octanol–water partition coefficient (Wildman–Crippen LogP) is 0.943. The molecule has 0 aliphatic rings. The van der Waals surface area contributed by atoms with Crippen LogP contribution in [0.15, 0.2) is 16.9 Å². The molecule has 2 heterocycles. The van der Waals surface area contributed by atoms with Gasteiger partial charge in [-0.25, -0.2) is 9.97 Å². The number of aryl methyl sites for hydroxylation is 1. The zero-order chi connectivity index (χ0) is 13.7. The first kappa shape index (κ1) is 12.9. The number of hydrogen-bond acceptors (Lipinski definition) is 7. The second kappa shape index (κ2) is 5.89. The Morgan fingerprint density at radius 3 is 3.05 bits per heavy atom. The molecule has 0 aliphatic carbocycles. The van der Waals surface area contributed by atoms with E-state index in [0.29, 0.717) is 36.1 Å². The Kier molecular flexibility index (Phi) is 4.01. The van der Waals surface area contributed by atoms with Crippen LogP contribution in [0.3, 0.4) is 0 Å². The van der Waals surface area contributed by atoms with Gasteiger partial charge in [-0.15, -0.1) is 0 Å². The number of aromatic nitrogens is 4. The molecule has 0 unspecified atom stereocenters. The van der Waals surface area contributed by atoms with Crippen LogP contribution >= 0.6 is 0 Å². The third-order valence-corrected chi connectivity index (χ3v) is 2.33. The Balaban J connectivity index is 2.05. The lowest BCUT2D eigenvalue weighted by molar-refractivity contribution is -0.137. The van der Waals surface area contributed by atoms with Gasteiger partial charge in [-0.05, 0) is 6.42 Å². The summed E-state index contributed by atoms with van der Waals surface area (Å²) in [6.07, 6.45) is 2.28. The number of carbonyl (C=O) groups is 1. The fourth-order valence-corrected chi connectivity index (χ4v) is 1.42. The van der Waals surface area contributed by atoms with Crippen LogP contribution in [0.4, 0.5) is 0 Å². The Bertz CT molecular complexity index is 569. The van der Waals surface area contributed by atoms with Crippen molar-refractivity contribution in [1.29, 1.82) is 0 Å². The lowest BCUT2D eigenvalue weighted by Crippen LogP contribution is -1.96. The summed E-state index contributed by atoms with van der Waals surface area (Å²) in [5.74, 6) is 0.266. The number of nitrogens with zero attached hydrogens (tertiary/aromatic N) is 4. The molecule has 0 fully saturated rings. The summed E-state index contributed by atoms with van der Waals surface area (Å²) in [6, 6.07) is 1.59. The third kappa shape index (κ3) is 3.47. The minimum atomic E-state index is -0.847. The van der Waals surface area contributed by atoms with E-state index in [9.17, 15) is 4.79 Å². The van der Waals surface area contributed by atoms with Gasteiger partial charge < -0.3 is 14.4 Å². The number of hydrogen-bond donors (Lipinski definition) is 1. The van der Waals surface area contributed by atoms with E-state index < -0.39 is 5.97 Å². The molecule has 100 valence electrons. The molecule has 19 heavy (non-hydrogen) atoms. The van der Waals surface area contributed by atoms with Gasteiger partial charge in [0.15, 0.2) is 0 Å². The molecular formula is C11H12N4O4. The van der Waals surface area contributed by atoms with Gasteiger partial charge in [0.25, 0.3) is 0 Å². The topological polar surface area (TPSA) is 111 Å². The molecule has 0 amide bonds. The standard InChI is InChI=1S/C11H12N4O4/c1-18-9-5-7(12-6-13-9)11-14-8(19-15-11)3-2-4-10(16)17/h5-6H,2-4H2,1H3,(H,16,17). The molecule has 0 aliphatic heterocycles. The van der Waals surface area contributed by atoms with Crippen LogP contribution in [0, 0.1) is 0 Å². The maximum absolute atomic E-state index is 10.4. The van der Waals surface area contributed by atoms with E-state index in [1.807, 2.05) is 0 Å². The van der Waals surface area contributed by atoms with Gasteiger partial charge in [-0.1, -0.05) is 5.16 Å². The zero-order valence-electron chi connectivity index (χ0n) is 10.2. The van der Waals surface area contributed by atoms with Crippen molar-refractivity contribution in [3.8, 4) is 17.4 Å². The fourth-order valence-electron chi connectivity index (χ4n) is 1.42. The quantitative estimate of drug-likeness (QED) is 0.820. The molecule has 2 aromatic rings. The Morgan fingerprint density at radius 2 is 2.32 bits per heavy atom. The fraction of sp³-hybridized carbons (Fsp3) is 0.364. The second-order valence-electron chi connectivity index (χ2n) is 3.70. The monoisotopic (exact) mass is 264 g/mol. The molecule has 0 saturated heterocycles. The number of ether oxygens (including phenoxy) is 1. The van der Waals surface area contributed by atoms with Crippen LogP contribution < -0.4 is 4.74 Å². The summed E-state index contributed by atoms with van der Waals surface area (Å²) in [5, 5.41) is 12.3. The number of methoxy groups -OCH3 is 1. The highest BCUT2D eigenvalue weighted by Crippen LogP contribution is 2.17. The maximum Gasteiger partial charge on any atom is 0.303 e. The van der Waals surface area contributed by atoms with Gasteiger partial charge in [0.05, 0.1) is 7.11 Å². The molecule has 8 nitrogen and oxygen atoms in total. The lowest BCUT2D eigenvalue weighted by atomic mass is 10.2.